The number of carbonyl (C=O) groups excluding carboxylic acids is 1. The summed E-state index contributed by atoms with van der Waals surface area (Å²) in [7, 11) is 0. The first kappa shape index (κ1) is 21.7. The summed E-state index contributed by atoms with van der Waals surface area (Å²) in [6, 6.07) is 21.1. The van der Waals surface area contributed by atoms with Gasteiger partial charge in [-0.3, -0.25) is 4.79 Å². The molecule has 4 nitrogen and oxygen atoms in total. The van der Waals surface area contributed by atoms with Gasteiger partial charge < -0.3 is 10.1 Å². The molecule has 0 fully saturated rings. The zero-order valence-corrected chi connectivity index (χ0v) is 17.8. The molecule has 0 radical (unpaired) electrons. The molecule has 1 N–H and O–H groups in total. The molecule has 0 aromatic heterocycles. The summed E-state index contributed by atoms with van der Waals surface area (Å²) < 4.78 is 5.78. The largest absolute Gasteiger partial charge is 0.489 e. The molecule has 0 heterocycles. The van der Waals surface area contributed by atoms with E-state index in [2.05, 4.69) is 5.32 Å². The predicted octanol–water partition coefficient (Wildman–Crippen LogP) is 6.77. The standard InChI is InChI=1S/C23H15Cl3N2O2/c24-18-5-1-4-16(10-18)14-30-20-6-2-3-15(11-20)9-17(13-27)23(29)28-19-7-8-21(25)22(26)12-19/h1-12H,14H2,(H,28,29)/b17-9-. The third kappa shape index (κ3) is 6.01. The molecule has 0 aliphatic rings. The lowest BCUT2D eigenvalue weighted by Crippen LogP contribution is -2.13. The number of nitriles is 1. The van der Waals surface area contributed by atoms with Gasteiger partial charge in [0.2, 0.25) is 0 Å². The Kier molecular flexibility index (Phi) is 7.37. The van der Waals surface area contributed by atoms with Gasteiger partial charge in [-0.15, -0.1) is 0 Å². The molecule has 0 saturated carbocycles. The molecule has 3 rings (SSSR count). The second kappa shape index (κ2) is 10.2. The van der Waals surface area contributed by atoms with E-state index in [4.69, 9.17) is 39.5 Å². The van der Waals surface area contributed by atoms with Gasteiger partial charge >= 0.3 is 0 Å². The number of hydrogen-bond donors (Lipinski definition) is 1. The van der Waals surface area contributed by atoms with Gasteiger partial charge in [-0.2, -0.15) is 5.26 Å². The second-order valence-corrected chi connectivity index (χ2v) is 7.49. The van der Waals surface area contributed by atoms with Gasteiger partial charge in [-0.05, 0) is 59.7 Å². The highest BCUT2D eigenvalue weighted by molar-refractivity contribution is 6.42. The maximum Gasteiger partial charge on any atom is 0.266 e. The molecule has 0 bridgehead atoms. The summed E-state index contributed by atoms with van der Waals surface area (Å²) in [5.41, 5.74) is 1.96. The Hall–Kier alpha value is -2.97. The molecule has 30 heavy (non-hydrogen) atoms. The van der Waals surface area contributed by atoms with E-state index in [1.54, 1.807) is 42.5 Å². The van der Waals surface area contributed by atoms with E-state index in [0.717, 1.165) is 5.56 Å². The highest BCUT2D eigenvalue weighted by Crippen LogP contribution is 2.25. The number of nitrogens with one attached hydrogen (secondary N) is 1. The van der Waals surface area contributed by atoms with E-state index in [1.165, 1.54) is 12.1 Å². The lowest BCUT2D eigenvalue weighted by molar-refractivity contribution is -0.112. The topological polar surface area (TPSA) is 62.1 Å². The summed E-state index contributed by atoms with van der Waals surface area (Å²) in [5, 5.41) is 13.4. The number of anilines is 1. The van der Waals surface area contributed by atoms with Crippen molar-refractivity contribution in [1.29, 1.82) is 5.26 Å². The van der Waals surface area contributed by atoms with E-state index in [0.29, 0.717) is 38.7 Å². The van der Waals surface area contributed by atoms with Crippen LogP contribution in [0.3, 0.4) is 0 Å². The van der Waals surface area contributed by atoms with Crippen molar-refractivity contribution in [3.63, 3.8) is 0 Å². The zero-order chi connectivity index (χ0) is 21.5. The lowest BCUT2D eigenvalue weighted by Gasteiger charge is -2.08. The van der Waals surface area contributed by atoms with Gasteiger partial charge in [0.15, 0.2) is 0 Å². The molecule has 0 unspecified atom stereocenters. The number of amides is 1. The van der Waals surface area contributed by atoms with Gasteiger partial charge in [-0.25, -0.2) is 0 Å². The Balaban J connectivity index is 1.72. The van der Waals surface area contributed by atoms with E-state index in [1.807, 2.05) is 24.3 Å². The van der Waals surface area contributed by atoms with Crippen LogP contribution in [0.25, 0.3) is 6.08 Å². The highest BCUT2D eigenvalue weighted by atomic mass is 35.5. The summed E-state index contributed by atoms with van der Waals surface area (Å²) in [6.45, 7) is 0.344. The molecule has 150 valence electrons. The maximum atomic E-state index is 12.5. The van der Waals surface area contributed by atoms with E-state index < -0.39 is 5.91 Å². The number of carbonyl (C=O) groups is 1. The summed E-state index contributed by atoms with van der Waals surface area (Å²) in [6.07, 6.45) is 1.49. The molecular weight excluding hydrogens is 443 g/mol. The molecule has 3 aromatic carbocycles. The first-order valence-corrected chi connectivity index (χ1v) is 9.93. The Bertz CT molecular complexity index is 1150. The SMILES string of the molecule is N#C/C(=C/c1cccc(OCc2cccc(Cl)c2)c1)C(=O)Nc1ccc(Cl)c(Cl)c1. The maximum absolute atomic E-state index is 12.5. The van der Waals surface area contributed by atoms with Gasteiger partial charge in [0.1, 0.15) is 24.0 Å². The van der Waals surface area contributed by atoms with Crippen molar-refractivity contribution in [3.05, 3.63) is 98.5 Å². The number of halogens is 3. The summed E-state index contributed by atoms with van der Waals surface area (Å²) in [4.78, 5) is 12.5. The molecule has 0 saturated heterocycles. The van der Waals surface area contributed by atoms with Crippen molar-refractivity contribution in [2.45, 2.75) is 6.61 Å². The zero-order valence-electron chi connectivity index (χ0n) is 15.5. The minimum absolute atomic E-state index is 0.0620. The predicted molar refractivity (Wildman–Crippen MR) is 121 cm³/mol. The fourth-order valence-corrected chi connectivity index (χ4v) is 3.09. The Morgan fingerprint density at radius 2 is 1.80 bits per heavy atom. The Morgan fingerprint density at radius 1 is 1.00 bits per heavy atom. The van der Waals surface area contributed by atoms with Gasteiger partial charge in [0.05, 0.1) is 10.0 Å². The monoisotopic (exact) mass is 456 g/mol. The third-order valence-corrected chi connectivity index (χ3v) is 4.98. The van der Waals surface area contributed by atoms with Crippen LogP contribution in [0.15, 0.2) is 72.3 Å². The van der Waals surface area contributed by atoms with Crippen molar-refractivity contribution in [3.8, 4) is 11.8 Å². The fraction of sp³-hybridized carbons (Fsp3) is 0.0435. The average Bonchev–Trinajstić information content (AvgIpc) is 2.73. The van der Waals surface area contributed by atoms with Crippen LogP contribution in [-0.4, -0.2) is 5.91 Å². The van der Waals surface area contributed by atoms with Crippen molar-refractivity contribution in [1.82, 2.24) is 0 Å². The number of rotatable bonds is 6. The highest BCUT2D eigenvalue weighted by Gasteiger charge is 2.11. The van der Waals surface area contributed by atoms with Crippen LogP contribution in [0.5, 0.6) is 5.75 Å². The third-order valence-electron chi connectivity index (χ3n) is 4.01. The molecule has 0 atom stereocenters. The van der Waals surface area contributed by atoms with Crippen LogP contribution in [-0.2, 0) is 11.4 Å². The first-order chi connectivity index (χ1) is 14.4. The number of ether oxygens (including phenoxy) is 1. The molecule has 0 aliphatic heterocycles. The minimum atomic E-state index is -0.555. The Morgan fingerprint density at radius 3 is 2.53 bits per heavy atom. The van der Waals surface area contributed by atoms with E-state index in [9.17, 15) is 10.1 Å². The molecule has 3 aromatic rings. The van der Waals surface area contributed by atoms with Crippen LogP contribution >= 0.6 is 34.8 Å². The minimum Gasteiger partial charge on any atom is -0.489 e. The average molecular weight is 458 g/mol. The number of benzene rings is 3. The lowest BCUT2D eigenvalue weighted by atomic mass is 10.1. The van der Waals surface area contributed by atoms with Crippen LogP contribution in [0.2, 0.25) is 15.1 Å². The normalized spacial score (nSPS) is 10.9. The molecule has 0 aliphatic carbocycles. The van der Waals surface area contributed by atoms with E-state index >= 15 is 0 Å². The molecular formula is C23H15Cl3N2O2. The smallest absolute Gasteiger partial charge is 0.266 e. The fourth-order valence-electron chi connectivity index (χ4n) is 2.58. The molecule has 1 amide bonds. The van der Waals surface area contributed by atoms with Crippen molar-refractivity contribution < 1.29 is 9.53 Å². The van der Waals surface area contributed by atoms with Crippen LogP contribution in [0, 0.1) is 11.3 Å². The van der Waals surface area contributed by atoms with Crippen LogP contribution in [0.4, 0.5) is 5.69 Å². The van der Waals surface area contributed by atoms with Crippen molar-refractivity contribution in [2.24, 2.45) is 0 Å². The van der Waals surface area contributed by atoms with Gasteiger partial charge in [-0.1, -0.05) is 59.1 Å². The van der Waals surface area contributed by atoms with Gasteiger partial charge in [0.25, 0.3) is 5.91 Å². The summed E-state index contributed by atoms with van der Waals surface area (Å²) >= 11 is 17.8. The van der Waals surface area contributed by atoms with Crippen LogP contribution < -0.4 is 10.1 Å². The number of nitrogens with zero attached hydrogens (tertiary/aromatic N) is 1. The Labute approximate surface area is 189 Å². The number of hydrogen-bond acceptors (Lipinski definition) is 3. The van der Waals surface area contributed by atoms with Crippen LogP contribution in [0.1, 0.15) is 11.1 Å². The molecule has 7 heteroatoms. The molecule has 0 spiro atoms. The quantitative estimate of drug-likeness (QED) is 0.328. The van der Waals surface area contributed by atoms with E-state index in [-0.39, 0.29) is 5.57 Å². The van der Waals surface area contributed by atoms with Gasteiger partial charge in [0, 0.05) is 10.7 Å². The summed E-state index contributed by atoms with van der Waals surface area (Å²) in [5.74, 6) is 0.0482. The first-order valence-electron chi connectivity index (χ1n) is 8.80. The van der Waals surface area contributed by atoms with Crippen molar-refractivity contribution >= 4 is 52.5 Å². The van der Waals surface area contributed by atoms with Crippen molar-refractivity contribution in [2.75, 3.05) is 5.32 Å². The second-order valence-electron chi connectivity index (χ2n) is 6.24.